The second-order valence-electron chi connectivity index (χ2n) is 19.8. The molecule has 1 saturated heterocycles. The summed E-state index contributed by atoms with van der Waals surface area (Å²) in [5.41, 5.74) is 7.07. The summed E-state index contributed by atoms with van der Waals surface area (Å²) in [6, 6.07) is 15.6. The fourth-order valence-corrected chi connectivity index (χ4v) is 10.9. The highest BCUT2D eigenvalue weighted by Gasteiger charge is 2.52. The minimum atomic E-state index is -2.28. The number of urea groups is 2. The molecule has 4 N–H and O–H groups in total. The van der Waals surface area contributed by atoms with Crippen molar-refractivity contribution in [3.8, 4) is 12.1 Å². The number of benzene rings is 3. The molecule has 3 aromatic carbocycles. The first kappa shape index (κ1) is 75.2. The topological polar surface area (TPSA) is 215 Å². The standard InChI is InChI=1S/C17H17BrCl3N3O2.C15H18BrN3O.C14H17BrN2.C6H15N.C3Cl3NO2.CH2Cl2/c1-10-7-12(8-11(2)13(10)18)24(16(9-22)5-3-4-6-16)15(26)23-14(25)17(19,20)21;1-9-7-11(8-10(2)12(9)16)19-14(20)18-13(17)15(19)5-3-4-6-15;1-10-7-12(8-11(2)13(10)15)17-14(9-16)5-3-4-6-14;1-4-7(5-2)6-3;4-3(5,6)2(9)7-1-8;2-1-3/h7-8H,3-6H2,1-2H3,(H,23,25,26);7-8H,3-6H2,1-2H3,(H2,17,18,20);7-8,17H,3-6H2,1-2H3;4-6H2,1-3H3;;1H2. The molecule has 6 amide bonds. The van der Waals surface area contributed by atoms with Gasteiger partial charge in [-0.05, 0) is 195 Å². The zero-order chi connectivity index (χ0) is 62.6. The van der Waals surface area contributed by atoms with Crippen LogP contribution in [0, 0.1) is 69.6 Å². The second-order valence-corrected chi connectivity index (χ2v) is 27.5. The Morgan fingerprint density at radius 1 is 0.695 bits per heavy atom. The summed E-state index contributed by atoms with van der Waals surface area (Å²) in [6.45, 7) is 22.1. The van der Waals surface area contributed by atoms with E-state index in [1.54, 1.807) is 17.0 Å². The molecule has 82 heavy (non-hydrogen) atoms. The van der Waals surface area contributed by atoms with Gasteiger partial charge in [0.2, 0.25) is 6.08 Å². The highest BCUT2D eigenvalue weighted by atomic mass is 79.9. The fraction of sp³-hybridized carbons (Fsp3) is 0.536. The monoisotopic (exact) mass is 1480 g/mol. The fourth-order valence-electron chi connectivity index (χ4n) is 9.93. The number of imide groups is 1. The number of isocyanates is 1. The number of nitrogens with zero attached hydrogens (tertiary/aromatic N) is 6. The van der Waals surface area contributed by atoms with E-state index in [0.717, 1.165) is 117 Å². The number of aliphatic imine (C=N–C) groups is 1. The maximum atomic E-state index is 12.9. The lowest BCUT2D eigenvalue weighted by Gasteiger charge is -2.36. The molecule has 450 valence electrons. The number of aryl methyl sites for hydroxylation is 6. The molecule has 7 rings (SSSR count). The predicted octanol–water partition coefficient (Wildman–Crippen LogP) is 17.5. The average Bonchev–Trinajstić information content (AvgIpc) is 3.85. The van der Waals surface area contributed by atoms with Crippen LogP contribution in [0.15, 0.2) is 54.8 Å². The minimum absolute atomic E-state index is 0.168. The first-order valence-electron chi connectivity index (χ1n) is 26.1. The number of hydrogen-bond acceptors (Lipinski definition) is 10. The zero-order valence-corrected chi connectivity index (χ0v) is 58.0. The Bertz CT molecular complexity index is 2790. The van der Waals surface area contributed by atoms with Crippen molar-refractivity contribution in [3.63, 3.8) is 0 Å². The summed E-state index contributed by atoms with van der Waals surface area (Å²) in [5.74, 6) is -1.84. The van der Waals surface area contributed by atoms with Crippen LogP contribution in [0.3, 0.4) is 0 Å². The molecule has 0 atom stereocenters. The normalized spacial score (nSPS) is 16.1. The van der Waals surface area contributed by atoms with Crippen molar-refractivity contribution in [1.29, 1.82) is 15.9 Å². The quantitative estimate of drug-likeness (QED) is 0.0957. The molecule has 4 fully saturated rings. The Hall–Kier alpha value is -2.91. The molecule has 26 heteroatoms. The molecule has 3 aromatic rings. The smallest absolute Gasteiger partial charge is 0.330 e. The van der Waals surface area contributed by atoms with E-state index in [9.17, 15) is 34.5 Å². The zero-order valence-electron chi connectivity index (χ0n) is 47.2. The van der Waals surface area contributed by atoms with Crippen molar-refractivity contribution in [2.24, 2.45) is 4.99 Å². The van der Waals surface area contributed by atoms with Crippen molar-refractivity contribution >= 4 is 193 Å². The molecular formula is C56H69Br3Cl8N10O5. The molecule has 3 saturated carbocycles. The largest absolute Gasteiger partial charge is 0.367 e. The van der Waals surface area contributed by atoms with Crippen LogP contribution in [0.4, 0.5) is 26.7 Å². The van der Waals surface area contributed by atoms with Crippen molar-refractivity contribution < 1.29 is 24.0 Å². The van der Waals surface area contributed by atoms with E-state index < -0.39 is 36.5 Å². The van der Waals surface area contributed by atoms with Gasteiger partial charge in [-0.15, -0.1) is 28.2 Å². The summed E-state index contributed by atoms with van der Waals surface area (Å²) in [6.07, 6.45) is 11.7. The van der Waals surface area contributed by atoms with E-state index in [0.29, 0.717) is 24.4 Å². The van der Waals surface area contributed by atoms with Crippen molar-refractivity contribution in [3.05, 3.63) is 83.2 Å². The number of amides is 6. The number of nitriles is 2. The van der Waals surface area contributed by atoms with E-state index in [-0.39, 0.29) is 16.9 Å². The molecule has 3 aliphatic carbocycles. The first-order valence-corrected chi connectivity index (χ1v) is 31.9. The number of nitrogens with one attached hydrogen (secondary N) is 4. The number of carbonyl (C=O) groups excluding carboxylic acids is 5. The van der Waals surface area contributed by atoms with Crippen LogP contribution >= 0.6 is 141 Å². The van der Waals surface area contributed by atoms with E-state index in [1.165, 1.54) is 35.7 Å². The molecule has 4 aliphatic rings. The molecule has 15 nitrogen and oxygen atoms in total. The average molecular weight is 1490 g/mol. The van der Waals surface area contributed by atoms with Crippen LogP contribution in [0.2, 0.25) is 0 Å². The van der Waals surface area contributed by atoms with E-state index >= 15 is 0 Å². The highest BCUT2D eigenvalue weighted by Crippen LogP contribution is 2.44. The number of rotatable bonds is 8. The third-order valence-corrected chi connectivity index (χ3v) is 18.8. The Kier molecular flexibility index (Phi) is 31.6. The van der Waals surface area contributed by atoms with Gasteiger partial charge in [-0.3, -0.25) is 35.4 Å². The van der Waals surface area contributed by atoms with Crippen LogP contribution in [-0.4, -0.2) is 89.9 Å². The maximum absolute atomic E-state index is 12.9. The molecule has 0 radical (unpaired) electrons. The Morgan fingerprint density at radius 3 is 1.45 bits per heavy atom. The van der Waals surface area contributed by atoms with Gasteiger partial charge in [-0.2, -0.15) is 10.5 Å². The van der Waals surface area contributed by atoms with Crippen LogP contribution < -0.4 is 25.8 Å². The maximum Gasteiger partial charge on any atom is 0.330 e. The number of alkyl halides is 8. The lowest BCUT2D eigenvalue weighted by atomic mass is 9.94. The van der Waals surface area contributed by atoms with Gasteiger partial charge in [0.25, 0.3) is 13.5 Å². The highest BCUT2D eigenvalue weighted by molar-refractivity contribution is 9.11. The predicted molar refractivity (Wildman–Crippen MR) is 348 cm³/mol. The molecule has 1 spiro atoms. The summed E-state index contributed by atoms with van der Waals surface area (Å²) in [5, 5.41) is 35.8. The van der Waals surface area contributed by atoms with Gasteiger partial charge in [0.1, 0.15) is 22.5 Å². The SMILES string of the molecule is CCN(CC)CC.Cc1cc(N(C(=O)NC(=O)C(Cl)(Cl)Cl)C2(C#N)CCCC2)cc(C)c1Br.Cc1cc(N2C(=O)NC(=N)C23CCCC3)cc(C)c1Br.Cc1cc(NC2(C#N)CCCC2)cc(C)c1Br.ClCCl.O=C=NC(=O)C(Cl)(Cl)Cl. The van der Waals surface area contributed by atoms with Crippen LogP contribution in [0.5, 0.6) is 0 Å². The molecule has 0 aromatic heterocycles. The molecule has 0 bridgehead atoms. The summed E-state index contributed by atoms with van der Waals surface area (Å²) in [7, 11) is 0. The van der Waals surface area contributed by atoms with Gasteiger partial charge in [0.05, 0.1) is 17.5 Å². The van der Waals surface area contributed by atoms with Crippen molar-refractivity contribution in [2.45, 2.75) is 164 Å². The Balaban J connectivity index is 0.000000368. The Morgan fingerprint density at radius 2 is 1.10 bits per heavy atom. The minimum Gasteiger partial charge on any atom is -0.367 e. The number of anilines is 3. The number of amidine groups is 1. The molecule has 1 aliphatic heterocycles. The van der Waals surface area contributed by atoms with Gasteiger partial charge in [0.15, 0.2) is 0 Å². The van der Waals surface area contributed by atoms with Gasteiger partial charge < -0.3 is 10.2 Å². The van der Waals surface area contributed by atoms with Crippen LogP contribution in [0.25, 0.3) is 0 Å². The lowest BCUT2D eigenvalue weighted by molar-refractivity contribution is -0.119. The van der Waals surface area contributed by atoms with Gasteiger partial charge in [0, 0.05) is 30.5 Å². The first-order chi connectivity index (χ1) is 38.3. The molecule has 0 unspecified atom stereocenters. The van der Waals surface area contributed by atoms with Crippen molar-refractivity contribution in [2.75, 3.05) is 40.1 Å². The van der Waals surface area contributed by atoms with Crippen LogP contribution in [-0.2, 0) is 14.4 Å². The third kappa shape index (κ3) is 20.9. The molecule has 1 heterocycles. The summed E-state index contributed by atoms with van der Waals surface area (Å²) in [4.78, 5) is 64.9. The summed E-state index contributed by atoms with van der Waals surface area (Å²) < 4.78 is -1.27. The second kappa shape index (κ2) is 34.4. The van der Waals surface area contributed by atoms with Gasteiger partial charge in [-0.25, -0.2) is 14.4 Å². The molecular weight excluding hydrogens is 1420 g/mol. The van der Waals surface area contributed by atoms with Gasteiger partial charge >= 0.3 is 18.0 Å². The van der Waals surface area contributed by atoms with Crippen LogP contribution in [0.1, 0.15) is 131 Å². The van der Waals surface area contributed by atoms with Gasteiger partial charge in [-0.1, -0.05) is 151 Å². The summed E-state index contributed by atoms with van der Waals surface area (Å²) >= 11 is 51.7. The Labute approximate surface area is 548 Å². The number of halogens is 11. The number of carbonyl (C=O) groups is 4. The third-order valence-electron chi connectivity index (χ3n) is 14.1. The lowest BCUT2D eigenvalue weighted by Crippen LogP contribution is -2.56. The van der Waals surface area contributed by atoms with E-state index in [4.69, 9.17) is 98.2 Å². The van der Waals surface area contributed by atoms with Crippen molar-refractivity contribution in [1.82, 2.24) is 15.5 Å². The van der Waals surface area contributed by atoms with E-state index in [1.807, 2.05) is 39.8 Å². The number of hydrogen-bond donors (Lipinski definition) is 4. The van der Waals surface area contributed by atoms with E-state index in [2.05, 4.69) is 133 Å².